The monoisotopic (exact) mass is 278 g/mol. The molecule has 0 aliphatic heterocycles. The highest BCUT2D eigenvalue weighted by atomic mass is 16.5. The number of benzene rings is 1. The highest BCUT2D eigenvalue weighted by Gasteiger charge is 2.14. The first-order valence-electron chi connectivity index (χ1n) is 6.09. The van der Waals surface area contributed by atoms with Crippen molar-refractivity contribution >= 4 is 22.8 Å². The van der Waals surface area contributed by atoms with E-state index in [0.29, 0.717) is 11.3 Å². The Balaban J connectivity index is 1.87. The number of amides is 1. The fourth-order valence-electron chi connectivity index (χ4n) is 1.75. The van der Waals surface area contributed by atoms with Crippen LogP contribution in [0.25, 0.3) is 11.0 Å². The average molecular weight is 278 g/mol. The van der Waals surface area contributed by atoms with Crippen LogP contribution in [0.15, 0.2) is 28.8 Å². The molecule has 0 saturated carbocycles. The van der Waals surface area contributed by atoms with Gasteiger partial charge in [-0.3, -0.25) is 4.79 Å². The Morgan fingerprint density at radius 3 is 2.85 bits per heavy atom. The minimum atomic E-state index is -1.47. The molecule has 7 nitrogen and oxygen atoms in total. The van der Waals surface area contributed by atoms with Crippen LogP contribution in [0.3, 0.4) is 0 Å². The summed E-state index contributed by atoms with van der Waals surface area (Å²) in [5.74, 6) is -1.61. The summed E-state index contributed by atoms with van der Waals surface area (Å²) >= 11 is 0. The molecule has 20 heavy (non-hydrogen) atoms. The Morgan fingerprint density at radius 2 is 2.10 bits per heavy atom. The molecule has 0 aliphatic rings. The summed E-state index contributed by atoms with van der Waals surface area (Å²) < 4.78 is 5.08. The second kappa shape index (κ2) is 6.16. The Hall–Kier alpha value is -2.41. The Bertz CT molecular complexity index is 622. The van der Waals surface area contributed by atoms with Crippen LogP contribution in [0.2, 0.25) is 0 Å². The number of carboxylic acids is 1. The van der Waals surface area contributed by atoms with Crippen LogP contribution in [0, 0.1) is 0 Å². The average Bonchev–Trinajstić information content (AvgIpc) is 2.82. The third-order valence-electron chi connectivity index (χ3n) is 2.81. The molecule has 1 heterocycles. The molecule has 2 rings (SSSR count). The molecule has 0 radical (unpaired) electrons. The number of rotatable bonds is 6. The molecule has 7 heteroatoms. The second-order valence-electron chi connectivity index (χ2n) is 4.29. The minimum absolute atomic E-state index is 0.0410. The fourth-order valence-corrected chi connectivity index (χ4v) is 1.75. The van der Waals surface area contributed by atoms with Crippen LogP contribution in [-0.4, -0.2) is 39.9 Å². The van der Waals surface area contributed by atoms with Crippen LogP contribution < -0.4 is 5.32 Å². The molecule has 3 N–H and O–H groups in total. The van der Waals surface area contributed by atoms with E-state index in [4.69, 9.17) is 14.7 Å². The minimum Gasteiger partial charge on any atom is -0.479 e. The summed E-state index contributed by atoms with van der Waals surface area (Å²) in [5.41, 5.74) is 1.13. The number of hydrogen-bond donors (Lipinski definition) is 3. The Labute approximate surface area is 114 Å². The van der Waals surface area contributed by atoms with Crippen molar-refractivity contribution in [2.75, 3.05) is 6.54 Å². The van der Waals surface area contributed by atoms with Gasteiger partial charge in [0.1, 0.15) is 5.69 Å². The van der Waals surface area contributed by atoms with Gasteiger partial charge in [-0.05, 0) is 12.1 Å². The van der Waals surface area contributed by atoms with Crippen LogP contribution >= 0.6 is 0 Å². The quantitative estimate of drug-likeness (QED) is 0.701. The van der Waals surface area contributed by atoms with Gasteiger partial charge in [-0.1, -0.05) is 17.3 Å². The number of nitrogens with zero attached hydrogens (tertiary/aromatic N) is 1. The molecule has 106 valence electrons. The zero-order valence-electron chi connectivity index (χ0n) is 10.6. The summed E-state index contributed by atoms with van der Waals surface area (Å²) in [6, 6.07) is 7.20. The van der Waals surface area contributed by atoms with Gasteiger partial charge in [0.2, 0.25) is 5.91 Å². The topological polar surface area (TPSA) is 113 Å². The third kappa shape index (κ3) is 3.33. The van der Waals surface area contributed by atoms with Crippen molar-refractivity contribution in [1.82, 2.24) is 10.5 Å². The van der Waals surface area contributed by atoms with Gasteiger partial charge >= 0.3 is 5.97 Å². The number of hydrogen-bond acceptors (Lipinski definition) is 5. The number of carbonyl (C=O) groups excluding carboxylic acids is 1. The zero-order chi connectivity index (χ0) is 14.5. The van der Waals surface area contributed by atoms with E-state index >= 15 is 0 Å². The van der Waals surface area contributed by atoms with Crippen molar-refractivity contribution in [3.05, 3.63) is 30.0 Å². The van der Waals surface area contributed by atoms with E-state index in [0.717, 1.165) is 5.39 Å². The van der Waals surface area contributed by atoms with E-state index in [2.05, 4.69) is 10.5 Å². The van der Waals surface area contributed by atoms with Gasteiger partial charge in [0.25, 0.3) is 0 Å². The summed E-state index contributed by atoms with van der Waals surface area (Å²) in [7, 11) is 0. The number of nitrogens with one attached hydrogen (secondary N) is 1. The SMILES string of the molecule is O=C(Cc1noc2ccccc12)NCC[C@H](O)C(=O)O. The first kappa shape index (κ1) is 14.0. The largest absolute Gasteiger partial charge is 0.479 e. The van der Waals surface area contributed by atoms with E-state index in [-0.39, 0.29) is 25.3 Å². The van der Waals surface area contributed by atoms with Crippen molar-refractivity contribution in [3.8, 4) is 0 Å². The summed E-state index contributed by atoms with van der Waals surface area (Å²) in [6.45, 7) is 0.0854. The lowest BCUT2D eigenvalue weighted by atomic mass is 10.1. The highest BCUT2D eigenvalue weighted by Crippen LogP contribution is 2.17. The van der Waals surface area contributed by atoms with Gasteiger partial charge in [0, 0.05) is 18.4 Å². The lowest BCUT2D eigenvalue weighted by Gasteiger charge is -2.06. The molecule has 0 spiro atoms. The van der Waals surface area contributed by atoms with E-state index in [1.165, 1.54) is 0 Å². The smallest absolute Gasteiger partial charge is 0.332 e. The summed E-state index contributed by atoms with van der Waals surface area (Å²) in [4.78, 5) is 22.1. The molecule has 0 unspecified atom stereocenters. The first-order chi connectivity index (χ1) is 9.58. The van der Waals surface area contributed by atoms with Crippen LogP contribution in [-0.2, 0) is 16.0 Å². The Kier molecular flexibility index (Phi) is 4.31. The van der Waals surface area contributed by atoms with Gasteiger partial charge < -0.3 is 20.1 Å². The molecule has 0 aliphatic carbocycles. The number of carbonyl (C=O) groups is 2. The van der Waals surface area contributed by atoms with Gasteiger partial charge in [-0.25, -0.2) is 4.79 Å². The number of para-hydroxylation sites is 1. The van der Waals surface area contributed by atoms with Gasteiger partial charge in [-0.15, -0.1) is 0 Å². The molecule has 1 atom stereocenters. The molecular formula is C13H14N2O5. The lowest BCUT2D eigenvalue weighted by molar-refractivity contribution is -0.147. The molecule has 1 aromatic carbocycles. The lowest BCUT2D eigenvalue weighted by Crippen LogP contribution is -2.31. The standard InChI is InChI=1S/C13H14N2O5/c16-10(13(18)19)5-6-14-12(17)7-9-8-3-1-2-4-11(8)20-15-9/h1-4,10,16H,5-7H2,(H,14,17)(H,18,19)/t10-/m0/s1. The van der Waals surface area contributed by atoms with E-state index in [1.807, 2.05) is 18.2 Å². The molecule has 0 fully saturated rings. The first-order valence-corrected chi connectivity index (χ1v) is 6.09. The van der Waals surface area contributed by atoms with E-state index in [9.17, 15) is 9.59 Å². The molecule has 1 aromatic heterocycles. The van der Waals surface area contributed by atoms with Gasteiger partial charge in [0.15, 0.2) is 11.7 Å². The van der Waals surface area contributed by atoms with Crippen molar-refractivity contribution < 1.29 is 24.3 Å². The number of fused-ring (bicyclic) bond motifs is 1. The number of aromatic nitrogens is 1. The number of aliphatic carboxylic acids is 1. The highest BCUT2D eigenvalue weighted by molar-refractivity contribution is 5.86. The van der Waals surface area contributed by atoms with E-state index < -0.39 is 12.1 Å². The third-order valence-corrected chi connectivity index (χ3v) is 2.81. The van der Waals surface area contributed by atoms with Crippen LogP contribution in [0.5, 0.6) is 0 Å². The predicted molar refractivity (Wildman–Crippen MR) is 69.0 cm³/mol. The molecule has 0 saturated heterocycles. The maximum atomic E-state index is 11.7. The van der Waals surface area contributed by atoms with Crippen molar-refractivity contribution in [1.29, 1.82) is 0 Å². The van der Waals surface area contributed by atoms with Crippen molar-refractivity contribution in [2.24, 2.45) is 0 Å². The normalized spacial score (nSPS) is 12.2. The summed E-state index contributed by atoms with van der Waals surface area (Å²) in [6.07, 6.45) is -1.47. The molecule has 1 amide bonds. The molecular weight excluding hydrogens is 264 g/mol. The summed E-state index contributed by atoms with van der Waals surface area (Å²) in [5, 5.41) is 24.7. The Morgan fingerprint density at radius 1 is 1.35 bits per heavy atom. The van der Waals surface area contributed by atoms with E-state index in [1.54, 1.807) is 6.07 Å². The zero-order valence-corrected chi connectivity index (χ0v) is 10.6. The predicted octanol–water partition coefficient (Wildman–Crippen LogP) is 0.322. The number of aliphatic hydroxyl groups excluding tert-OH is 1. The van der Waals surface area contributed by atoms with Crippen molar-refractivity contribution in [3.63, 3.8) is 0 Å². The van der Waals surface area contributed by atoms with Crippen LogP contribution in [0.1, 0.15) is 12.1 Å². The second-order valence-corrected chi connectivity index (χ2v) is 4.29. The van der Waals surface area contributed by atoms with Crippen LogP contribution in [0.4, 0.5) is 0 Å². The fraction of sp³-hybridized carbons (Fsp3) is 0.308. The molecule has 0 bridgehead atoms. The molecule has 2 aromatic rings. The number of carboxylic acid groups (broad SMARTS) is 1. The maximum Gasteiger partial charge on any atom is 0.332 e. The number of aliphatic hydroxyl groups is 1. The van der Waals surface area contributed by atoms with Gasteiger partial charge in [-0.2, -0.15) is 0 Å². The maximum absolute atomic E-state index is 11.7. The van der Waals surface area contributed by atoms with Gasteiger partial charge in [0.05, 0.1) is 6.42 Å². The van der Waals surface area contributed by atoms with Crippen molar-refractivity contribution in [2.45, 2.75) is 18.9 Å².